The molecule has 1 heterocycles. The van der Waals surface area contributed by atoms with Gasteiger partial charge < -0.3 is 21.5 Å². The number of aromatic nitrogens is 2. The maximum atomic E-state index is 12.2. The predicted molar refractivity (Wildman–Crippen MR) is 96.1 cm³/mol. The minimum atomic E-state index is -1.42. The first kappa shape index (κ1) is 20.1. The zero-order valence-electron chi connectivity index (χ0n) is 14.4. The van der Waals surface area contributed by atoms with Crippen LogP contribution in [0.2, 0.25) is 0 Å². The molecule has 1 aromatic heterocycles. The number of anilines is 2. The number of carbonyl (C=O) groups excluding carboxylic acids is 3. The second kappa shape index (κ2) is 9.47. The highest BCUT2D eigenvalue weighted by Gasteiger charge is 2.21. The van der Waals surface area contributed by atoms with Crippen LogP contribution in [0.25, 0.3) is 0 Å². The van der Waals surface area contributed by atoms with Gasteiger partial charge in [0.25, 0.3) is 5.91 Å². The summed E-state index contributed by atoms with van der Waals surface area (Å²) in [6.07, 6.45) is 2.42. The molecule has 0 spiro atoms. The summed E-state index contributed by atoms with van der Waals surface area (Å²) in [5.74, 6) is -2.65. The lowest BCUT2D eigenvalue weighted by Gasteiger charge is -2.14. The number of nitrogens with two attached hydrogens (primary N) is 1. The fourth-order valence-corrected chi connectivity index (χ4v) is 2.01. The Morgan fingerprint density at radius 2 is 1.79 bits per heavy atom. The van der Waals surface area contributed by atoms with E-state index in [9.17, 15) is 19.2 Å². The fourth-order valence-electron chi connectivity index (χ4n) is 2.01. The number of rotatable bonds is 7. The normalized spacial score (nSPS) is 11.0. The second-order valence-electron chi connectivity index (χ2n) is 5.38. The van der Waals surface area contributed by atoms with Gasteiger partial charge in [-0.15, -0.1) is 0 Å². The maximum Gasteiger partial charge on any atom is 0.334 e. The van der Waals surface area contributed by atoms with Gasteiger partial charge in [0.15, 0.2) is 0 Å². The lowest BCUT2D eigenvalue weighted by Crippen LogP contribution is -2.53. The molecule has 7 N–H and O–H groups in total. The smallest absolute Gasteiger partial charge is 0.334 e. The van der Waals surface area contributed by atoms with Gasteiger partial charge in [0.05, 0.1) is 6.42 Å². The Hall–Kier alpha value is -4.22. The van der Waals surface area contributed by atoms with E-state index < -0.39 is 36.3 Å². The molecule has 4 amide bonds. The Morgan fingerprint density at radius 3 is 2.43 bits per heavy atom. The molecule has 0 saturated heterocycles. The molecule has 0 aliphatic carbocycles. The number of amides is 4. The molecule has 0 fully saturated rings. The number of carboxylic acid groups (broad SMARTS) is 1. The van der Waals surface area contributed by atoms with Crippen molar-refractivity contribution >= 4 is 35.5 Å². The third kappa shape index (κ3) is 6.25. The van der Waals surface area contributed by atoms with Crippen LogP contribution in [0, 0.1) is 0 Å². The number of nitrogens with one attached hydrogen (secondary N) is 4. The SMILES string of the molecule is NC(=O)[C@@H](CC(=O)O)NC(=O)NNC(=O)c1cccc(Nc2ncccn2)c1. The Labute approximate surface area is 158 Å². The highest BCUT2D eigenvalue weighted by molar-refractivity contribution is 5.96. The zero-order chi connectivity index (χ0) is 20.5. The van der Waals surface area contributed by atoms with Crippen LogP contribution in [0.1, 0.15) is 16.8 Å². The quantitative estimate of drug-likeness (QED) is 0.342. The van der Waals surface area contributed by atoms with Gasteiger partial charge in [-0.25, -0.2) is 20.2 Å². The van der Waals surface area contributed by atoms with Crippen LogP contribution in [0.3, 0.4) is 0 Å². The van der Waals surface area contributed by atoms with Gasteiger partial charge in [-0.1, -0.05) is 6.07 Å². The Kier molecular flexibility index (Phi) is 6.80. The first-order valence-electron chi connectivity index (χ1n) is 7.87. The van der Waals surface area contributed by atoms with Crippen LogP contribution in [0.4, 0.5) is 16.4 Å². The van der Waals surface area contributed by atoms with Gasteiger partial charge in [0.2, 0.25) is 11.9 Å². The van der Waals surface area contributed by atoms with E-state index in [-0.39, 0.29) is 5.56 Å². The number of carboxylic acids is 1. The second-order valence-corrected chi connectivity index (χ2v) is 5.38. The maximum absolute atomic E-state index is 12.2. The summed E-state index contributed by atoms with van der Waals surface area (Å²) >= 11 is 0. The number of carbonyl (C=O) groups is 4. The zero-order valence-corrected chi connectivity index (χ0v) is 14.4. The van der Waals surface area contributed by atoms with Crippen LogP contribution < -0.4 is 27.2 Å². The van der Waals surface area contributed by atoms with E-state index in [1.807, 2.05) is 10.7 Å². The van der Waals surface area contributed by atoms with Crippen molar-refractivity contribution in [2.75, 3.05) is 5.32 Å². The summed E-state index contributed by atoms with van der Waals surface area (Å²) in [4.78, 5) is 53.7. The number of hydrogen-bond donors (Lipinski definition) is 6. The van der Waals surface area contributed by atoms with Crippen molar-refractivity contribution in [2.24, 2.45) is 5.73 Å². The summed E-state index contributed by atoms with van der Waals surface area (Å²) in [7, 11) is 0. The van der Waals surface area contributed by atoms with E-state index in [0.29, 0.717) is 11.6 Å². The third-order valence-electron chi connectivity index (χ3n) is 3.26. The molecule has 0 bridgehead atoms. The highest BCUT2D eigenvalue weighted by Crippen LogP contribution is 2.14. The topological polar surface area (TPSA) is 188 Å². The van der Waals surface area contributed by atoms with Crippen LogP contribution in [0.15, 0.2) is 42.7 Å². The molecule has 0 aliphatic rings. The molecule has 1 aromatic carbocycles. The van der Waals surface area contributed by atoms with Crippen LogP contribution in [-0.2, 0) is 9.59 Å². The van der Waals surface area contributed by atoms with Crippen LogP contribution >= 0.6 is 0 Å². The number of nitrogens with zero attached hydrogens (tertiary/aromatic N) is 2. The summed E-state index contributed by atoms with van der Waals surface area (Å²) in [6, 6.07) is 5.54. The van der Waals surface area contributed by atoms with Gasteiger partial charge in [0, 0.05) is 23.6 Å². The van der Waals surface area contributed by atoms with Gasteiger partial charge >= 0.3 is 12.0 Å². The molecular formula is C16H17N7O5. The van der Waals surface area contributed by atoms with E-state index in [1.54, 1.807) is 30.6 Å². The van der Waals surface area contributed by atoms with Crippen molar-refractivity contribution in [2.45, 2.75) is 12.5 Å². The molecule has 0 unspecified atom stereocenters. The number of primary amides is 1. The molecule has 0 radical (unpaired) electrons. The van der Waals surface area contributed by atoms with Gasteiger partial charge in [0.1, 0.15) is 6.04 Å². The number of hydrogen-bond acceptors (Lipinski definition) is 7. The first-order chi connectivity index (χ1) is 13.3. The average Bonchev–Trinajstić information content (AvgIpc) is 2.66. The van der Waals surface area contributed by atoms with Gasteiger partial charge in [-0.05, 0) is 24.3 Å². The molecule has 12 heteroatoms. The molecule has 28 heavy (non-hydrogen) atoms. The summed E-state index contributed by atoms with van der Waals surface area (Å²) in [5.41, 5.74) is 9.90. The fraction of sp³-hybridized carbons (Fsp3) is 0.125. The molecule has 146 valence electrons. The lowest BCUT2D eigenvalue weighted by atomic mass is 10.2. The van der Waals surface area contributed by atoms with Crippen molar-refractivity contribution in [3.05, 3.63) is 48.3 Å². The molecule has 2 aromatic rings. The number of aliphatic carboxylic acids is 1. The first-order valence-corrected chi connectivity index (χ1v) is 7.87. The standard InChI is InChI=1S/C16H17N7O5/c17-13(26)11(8-12(24)25)21-16(28)23-22-14(27)9-3-1-4-10(7-9)20-15-18-5-2-6-19-15/h1-7,11H,8H2,(H2,17,26)(H,22,27)(H,24,25)(H,18,19,20)(H2,21,23,28)/t11-/m1/s1. The summed E-state index contributed by atoms with van der Waals surface area (Å²) in [5, 5.41) is 13.6. The van der Waals surface area contributed by atoms with E-state index in [0.717, 1.165) is 0 Å². The van der Waals surface area contributed by atoms with Crippen LogP contribution in [0.5, 0.6) is 0 Å². The van der Waals surface area contributed by atoms with Gasteiger partial charge in [-0.3, -0.25) is 19.8 Å². The Balaban J connectivity index is 1.92. The molecular weight excluding hydrogens is 370 g/mol. The summed E-state index contributed by atoms with van der Waals surface area (Å²) in [6.45, 7) is 0. The number of hydrazine groups is 1. The minimum Gasteiger partial charge on any atom is -0.481 e. The van der Waals surface area contributed by atoms with Crippen LogP contribution in [-0.4, -0.2) is 44.9 Å². The van der Waals surface area contributed by atoms with Gasteiger partial charge in [-0.2, -0.15) is 0 Å². The largest absolute Gasteiger partial charge is 0.481 e. The van der Waals surface area contributed by atoms with Crippen molar-refractivity contribution in [1.82, 2.24) is 26.1 Å². The molecule has 2 rings (SSSR count). The Morgan fingerprint density at radius 1 is 1.07 bits per heavy atom. The molecule has 12 nitrogen and oxygen atoms in total. The monoisotopic (exact) mass is 387 g/mol. The molecule has 0 aliphatic heterocycles. The van der Waals surface area contributed by atoms with Crippen molar-refractivity contribution in [1.29, 1.82) is 0 Å². The third-order valence-corrected chi connectivity index (χ3v) is 3.26. The molecule has 0 saturated carbocycles. The lowest BCUT2D eigenvalue weighted by molar-refractivity contribution is -0.139. The number of urea groups is 1. The Bertz CT molecular complexity index is 875. The van der Waals surface area contributed by atoms with E-state index in [4.69, 9.17) is 10.8 Å². The summed E-state index contributed by atoms with van der Waals surface area (Å²) < 4.78 is 0. The highest BCUT2D eigenvalue weighted by atomic mass is 16.4. The molecule has 1 atom stereocenters. The predicted octanol–water partition coefficient (Wildman–Crippen LogP) is -0.507. The van der Waals surface area contributed by atoms with Crippen molar-refractivity contribution in [3.63, 3.8) is 0 Å². The minimum absolute atomic E-state index is 0.207. The van der Waals surface area contributed by atoms with Crippen molar-refractivity contribution in [3.8, 4) is 0 Å². The number of benzene rings is 1. The van der Waals surface area contributed by atoms with E-state index in [2.05, 4.69) is 20.7 Å². The van der Waals surface area contributed by atoms with E-state index in [1.165, 1.54) is 12.1 Å². The average molecular weight is 387 g/mol. The van der Waals surface area contributed by atoms with Crippen molar-refractivity contribution < 1.29 is 24.3 Å². The van der Waals surface area contributed by atoms with E-state index >= 15 is 0 Å².